The van der Waals surface area contributed by atoms with E-state index in [4.69, 9.17) is 37.7 Å². The summed E-state index contributed by atoms with van der Waals surface area (Å²) in [6, 6.07) is 9.87. The maximum atomic E-state index is 5.03. The third-order valence-corrected chi connectivity index (χ3v) is 2.08. The van der Waals surface area contributed by atoms with Gasteiger partial charge in [0.15, 0.2) is 0 Å². The van der Waals surface area contributed by atoms with Gasteiger partial charge in [0.2, 0.25) is 0 Å². The fourth-order valence-corrected chi connectivity index (χ4v) is 1.18. The van der Waals surface area contributed by atoms with Crippen molar-refractivity contribution >= 4 is 37.7 Å². The molecule has 18 heavy (non-hydrogen) atoms. The van der Waals surface area contributed by atoms with Crippen LogP contribution in [0.15, 0.2) is 18.2 Å². The molecular weight excluding hydrogens is 484 g/mol. The van der Waals surface area contributed by atoms with Gasteiger partial charge in [-0.1, -0.05) is 27.7 Å². The monoisotopic (exact) mass is 501 g/mol. The molecule has 0 saturated heterocycles. The molecule has 0 aromatic heterocycles. The van der Waals surface area contributed by atoms with Crippen LogP contribution in [0.2, 0.25) is 0 Å². The number of nitrogens with two attached hydrogens (primary N) is 1. The van der Waals surface area contributed by atoms with Crippen molar-refractivity contribution in [3.05, 3.63) is 41.5 Å². The summed E-state index contributed by atoms with van der Waals surface area (Å²) in [5.74, 6) is 1.17. The van der Waals surface area contributed by atoms with Gasteiger partial charge in [-0.3, -0.25) is 0 Å². The first kappa shape index (κ1) is 21.3. The Morgan fingerprint density at radius 1 is 0.889 bits per heavy atom. The van der Waals surface area contributed by atoms with Gasteiger partial charge in [0.05, 0.1) is 0 Å². The predicted octanol–water partition coefficient (Wildman–Crippen LogP) is 7.21. The van der Waals surface area contributed by atoms with Gasteiger partial charge in [0.1, 0.15) is 0 Å². The van der Waals surface area contributed by atoms with Crippen LogP contribution in [0, 0.1) is 6.07 Å². The SMILES string of the molecule is CC(C)c1[c-]c(C(C)C)ccc1.[Cl][W]([Cl])([Cl])[Cl].[NH2-]. The molecular formula is C12H19Cl4NW-2. The van der Waals surface area contributed by atoms with Crippen molar-refractivity contribution in [1.29, 1.82) is 0 Å². The van der Waals surface area contributed by atoms with E-state index in [9.17, 15) is 0 Å². The van der Waals surface area contributed by atoms with Crippen LogP contribution in [-0.4, -0.2) is 0 Å². The normalized spacial score (nSPS) is 11.7. The standard InChI is InChI=1S/C12H17.4ClH.H2N.W/c1-9(2)11-6-5-7-12(8-11)10(3)4;;;;;;/h5-7,9-10H,1-4H3;4*1H;1H2;/q-1;;;;;-1;+4/p-4. The number of hydrogen-bond donors (Lipinski definition) is 0. The molecule has 0 amide bonds. The summed E-state index contributed by atoms with van der Waals surface area (Å²) in [7, 11) is 20.1. The van der Waals surface area contributed by atoms with E-state index in [2.05, 4.69) is 52.0 Å². The van der Waals surface area contributed by atoms with Crippen molar-refractivity contribution in [2.75, 3.05) is 0 Å². The Balaban J connectivity index is 0. The largest absolute Gasteiger partial charge is 0.693 e. The first-order valence-electron chi connectivity index (χ1n) is 5.25. The molecule has 1 aromatic carbocycles. The maximum Gasteiger partial charge on any atom is -0.693 e. The zero-order chi connectivity index (χ0) is 13.6. The molecule has 2 N–H and O–H groups in total. The number of rotatable bonds is 2. The third kappa shape index (κ3) is 12.1. The first-order chi connectivity index (χ1) is 7.61. The van der Waals surface area contributed by atoms with Gasteiger partial charge in [0, 0.05) is 0 Å². The summed E-state index contributed by atoms with van der Waals surface area (Å²) in [5.41, 5.74) is 2.64. The van der Waals surface area contributed by atoms with E-state index in [0.29, 0.717) is 11.8 Å². The van der Waals surface area contributed by atoms with Crippen molar-refractivity contribution in [3.8, 4) is 0 Å². The average Bonchev–Trinajstić information content (AvgIpc) is 2.15. The van der Waals surface area contributed by atoms with E-state index in [1.54, 1.807) is 0 Å². The minimum atomic E-state index is -3.28. The minimum Gasteiger partial charge on any atom is -0.693 e. The van der Waals surface area contributed by atoms with Gasteiger partial charge < -0.3 is 6.15 Å². The van der Waals surface area contributed by atoms with E-state index >= 15 is 0 Å². The molecule has 0 atom stereocenters. The molecule has 0 radical (unpaired) electrons. The van der Waals surface area contributed by atoms with Crippen LogP contribution in [0.4, 0.5) is 0 Å². The summed E-state index contributed by atoms with van der Waals surface area (Å²) in [6.45, 7) is 8.82. The van der Waals surface area contributed by atoms with Crippen molar-refractivity contribution in [3.63, 3.8) is 0 Å². The molecule has 0 spiro atoms. The van der Waals surface area contributed by atoms with E-state index < -0.39 is 11.9 Å². The fraction of sp³-hybridized carbons (Fsp3) is 0.500. The zero-order valence-electron chi connectivity index (χ0n) is 10.9. The van der Waals surface area contributed by atoms with Crippen molar-refractivity contribution in [2.24, 2.45) is 0 Å². The summed E-state index contributed by atoms with van der Waals surface area (Å²) in [5, 5.41) is 0. The van der Waals surface area contributed by atoms with Crippen molar-refractivity contribution in [2.45, 2.75) is 39.5 Å². The van der Waals surface area contributed by atoms with Crippen LogP contribution in [0.5, 0.6) is 0 Å². The number of benzene rings is 1. The maximum absolute atomic E-state index is 5.03. The zero-order valence-corrected chi connectivity index (χ0v) is 16.8. The average molecular weight is 503 g/mol. The molecule has 1 aromatic rings. The molecule has 0 aliphatic rings. The van der Waals surface area contributed by atoms with Gasteiger partial charge >= 0.3 is 49.6 Å². The van der Waals surface area contributed by atoms with Crippen LogP contribution in [-0.2, 0) is 11.9 Å². The molecule has 0 heterocycles. The van der Waals surface area contributed by atoms with Crippen LogP contribution in [0.25, 0.3) is 6.15 Å². The molecule has 0 aliphatic heterocycles. The van der Waals surface area contributed by atoms with E-state index in [1.165, 1.54) is 11.1 Å². The number of halogens is 4. The summed E-state index contributed by atoms with van der Waals surface area (Å²) in [4.78, 5) is 0. The first-order valence-corrected chi connectivity index (χ1v) is 19.8. The molecule has 0 fully saturated rings. The molecule has 1 rings (SSSR count). The Kier molecular flexibility index (Phi) is 11.7. The second-order valence-electron chi connectivity index (χ2n) is 4.22. The van der Waals surface area contributed by atoms with E-state index in [0.717, 1.165) is 0 Å². The Hall–Kier alpha value is 1.03. The summed E-state index contributed by atoms with van der Waals surface area (Å²) >= 11 is -3.28. The molecule has 0 aliphatic carbocycles. The number of hydrogen-bond acceptors (Lipinski definition) is 0. The van der Waals surface area contributed by atoms with E-state index in [1.807, 2.05) is 0 Å². The Morgan fingerprint density at radius 2 is 1.17 bits per heavy atom. The second-order valence-corrected chi connectivity index (χ2v) is 29.6. The van der Waals surface area contributed by atoms with Gasteiger partial charge in [-0.05, 0) is 11.8 Å². The molecule has 0 bridgehead atoms. The van der Waals surface area contributed by atoms with Crippen LogP contribution in [0.3, 0.4) is 0 Å². The quantitative estimate of drug-likeness (QED) is 0.383. The fourth-order valence-electron chi connectivity index (χ4n) is 1.18. The summed E-state index contributed by atoms with van der Waals surface area (Å²) < 4.78 is 0. The van der Waals surface area contributed by atoms with Gasteiger partial charge in [-0.2, -0.15) is 35.4 Å². The van der Waals surface area contributed by atoms with Gasteiger partial charge in [-0.15, -0.1) is 0 Å². The molecule has 108 valence electrons. The second kappa shape index (κ2) is 9.86. The van der Waals surface area contributed by atoms with Gasteiger partial charge in [-0.25, -0.2) is 0 Å². The van der Waals surface area contributed by atoms with Crippen molar-refractivity contribution < 1.29 is 11.9 Å². The molecule has 0 saturated carbocycles. The van der Waals surface area contributed by atoms with Crippen molar-refractivity contribution in [1.82, 2.24) is 0 Å². The topological polar surface area (TPSA) is 33.5 Å². The van der Waals surface area contributed by atoms with Crippen LogP contribution in [0.1, 0.15) is 50.7 Å². The van der Waals surface area contributed by atoms with Crippen LogP contribution < -0.4 is 0 Å². The molecule has 6 heteroatoms. The third-order valence-electron chi connectivity index (χ3n) is 2.08. The molecule has 1 nitrogen and oxygen atoms in total. The smallest absolute Gasteiger partial charge is 0.693 e. The van der Waals surface area contributed by atoms with E-state index in [-0.39, 0.29) is 6.15 Å². The van der Waals surface area contributed by atoms with Gasteiger partial charge in [0.25, 0.3) is 0 Å². The Morgan fingerprint density at radius 3 is 1.39 bits per heavy atom. The van der Waals surface area contributed by atoms with Crippen LogP contribution >= 0.6 is 37.7 Å². The Bertz CT molecular complexity index is 308. The minimum absolute atomic E-state index is 0. The predicted molar refractivity (Wildman–Crippen MR) is 82.2 cm³/mol. The molecule has 0 unspecified atom stereocenters. The summed E-state index contributed by atoms with van der Waals surface area (Å²) in [6.07, 6.45) is 0. The Labute approximate surface area is 130 Å².